The van der Waals surface area contributed by atoms with Crippen LogP contribution in [0.1, 0.15) is 10.4 Å². The van der Waals surface area contributed by atoms with Crippen LogP contribution in [0.5, 0.6) is 0 Å². The van der Waals surface area contributed by atoms with Crippen molar-refractivity contribution in [2.45, 2.75) is 0 Å². The molecule has 0 fully saturated rings. The second-order valence-electron chi connectivity index (χ2n) is 3.09. The molecule has 0 aliphatic heterocycles. The number of carbonyl (C=O) groups excluding carboxylic acids is 1. The minimum absolute atomic E-state index is 0.0244. The van der Waals surface area contributed by atoms with Crippen LogP contribution in [0.4, 0.5) is 0 Å². The van der Waals surface area contributed by atoms with Gasteiger partial charge in [0.1, 0.15) is 6.61 Å². The molecule has 5 heteroatoms. The molecule has 0 unspecified atom stereocenters. The number of Topliss-reactive ketones (excluding diaryl/α,β-unsaturated/α-hetero) is 1. The van der Waals surface area contributed by atoms with E-state index in [-0.39, 0.29) is 12.4 Å². The van der Waals surface area contributed by atoms with E-state index in [1.807, 2.05) is 0 Å². The fourth-order valence-corrected chi connectivity index (χ4v) is 1.49. The molecule has 0 N–H and O–H groups in total. The lowest BCUT2D eigenvalue weighted by Gasteiger charge is -2.05. The fraction of sp³-hybridized carbons (Fsp3) is 0.364. The molecule has 0 amide bonds. The summed E-state index contributed by atoms with van der Waals surface area (Å²) < 4.78 is 9.90. The van der Waals surface area contributed by atoms with Crippen LogP contribution < -0.4 is 0 Å². The molecule has 0 radical (unpaired) electrons. The summed E-state index contributed by atoms with van der Waals surface area (Å²) in [6.45, 7) is 0.806. The van der Waals surface area contributed by atoms with Gasteiger partial charge in [-0.3, -0.25) is 4.79 Å². The molecule has 0 saturated carbocycles. The van der Waals surface area contributed by atoms with Crippen molar-refractivity contribution in [2.75, 3.05) is 26.9 Å². The van der Waals surface area contributed by atoms with Gasteiger partial charge in [-0.05, 0) is 18.2 Å². The van der Waals surface area contributed by atoms with Gasteiger partial charge in [-0.15, -0.1) is 0 Å². The van der Waals surface area contributed by atoms with Crippen LogP contribution in [0.3, 0.4) is 0 Å². The SMILES string of the molecule is COCCOCC(=O)c1cc(Cl)ccc1Cl. The van der Waals surface area contributed by atoms with Gasteiger partial charge in [-0.1, -0.05) is 23.2 Å². The third-order valence-electron chi connectivity index (χ3n) is 1.89. The van der Waals surface area contributed by atoms with Crippen molar-refractivity contribution in [3.8, 4) is 0 Å². The maximum Gasteiger partial charge on any atom is 0.190 e. The molecule has 0 spiro atoms. The molecule has 0 aliphatic rings. The van der Waals surface area contributed by atoms with Crippen molar-refractivity contribution < 1.29 is 14.3 Å². The lowest BCUT2D eigenvalue weighted by molar-refractivity contribution is 0.0577. The van der Waals surface area contributed by atoms with Crippen LogP contribution in [0, 0.1) is 0 Å². The minimum Gasteiger partial charge on any atom is -0.382 e. The topological polar surface area (TPSA) is 35.5 Å². The van der Waals surface area contributed by atoms with Crippen LogP contribution in [-0.2, 0) is 9.47 Å². The van der Waals surface area contributed by atoms with Crippen molar-refractivity contribution in [1.29, 1.82) is 0 Å². The van der Waals surface area contributed by atoms with Crippen LogP contribution in [0.25, 0.3) is 0 Å². The Morgan fingerprint density at radius 3 is 2.75 bits per heavy atom. The molecule has 0 aliphatic carbocycles. The van der Waals surface area contributed by atoms with Crippen molar-refractivity contribution >= 4 is 29.0 Å². The van der Waals surface area contributed by atoms with Crippen LogP contribution >= 0.6 is 23.2 Å². The van der Waals surface area contributed by atoms with Crippen molar-refractivity contribution in [1.82, 2.24) is 0 Å². The Balaban J connectivity index is 2.55. The number of methoxy groups -OCH3 is 1. The van der Waals surface area contributed by atoms with Gasteiger partial charge in [0.2, 0.25) is 0 Å². The number of rotatable bonds is 6. The number of ether oxygens (including phenoxy) is 2. The monoisotopic (exact) mass is 262 g/mol. The summed E-state index contributed by atoms with van der Waals surface area (Å²) in [7, 11) is 1.57. The summed E-state index contributed by atoms with van der Waals surface area (Å²) in [5.74, 6) is -0.191. The number of halogens is 2. The number of benzene rings is 1. The molecule has 1 aromatic carbocycles. The highest BCUT2D eigenvalue weighted by Gasteiger charge is 2.10. The van der Waals surface area contributed by atoms with Gasteiger partial charge in [0, 0.05) is 17.7 Å². The molecule has 1 aromatic rings. The Hall–Kier alpha value is -0.610. The van der Waals surface area contributed by atoms with Crippen molar-refractivity contribution in [2.24, 2.45) is 0 Å². The highest BCUT2D eigenvalue weighted by atomic mass is 35.5. The summed E-state index contributed by atoms with van der Waals surface area (Å²) in [6, 6.07) is 4.75. The lowest BCUT2D eigenvalue weighted by atomic mass is 10.1. The second kappa shape index (κ2) is 6.86. The first-order valence-electron chi connectivity index (χ1n) is 4.70. The molecular formula is C11H12Cl2O3. The van der Waals surface area contributed by atoms with Crippen LogP contribution in [0.2, 0.25) is 10.0 Å². The fourth-order valence-electron chi connectivity index (χ4n) is 1.10. The van der Waals surface area contributed by atoms with Crippen LogP contribution in [-0.4, -0.2) is 32.7 Å². The zero-order valence-corrected chi connectivity index (χ0v) is 10.3. The smallest absolute Gasteiger partial charge is 0.190 e. The number of hydrogen-bond donors (Lipinski definition) is 0. The standard InChI is InChI=1S/C11H12Cl2O3/c1-15-4-5-16-7-11(14)9-6-8(12)2-3-10(9)13/h2-3,6H,4-5,7H2,1H3. The summed E-state index contributed by atoms with van der Waals surface area (Å²) in [5.41, 5.74) is 0.381. The van der Waals surface area contributed by atoms with Gasteiger partial charge in [0.05, 0.1) is 18.2 Å². The Morgan fingerprint density at radius 2 is 2.06 bits per heavy atom. The van der Waals surface area contributed by atoms with E-state index in [0.717, 1.165) is 0 Å². The molecule has 16 heavy (non-hydrogen) atoms. The first-order chi connectivity index (χ1) is 7.65. The summed E-state index contributed by atoms with van der Waals surface area (Å²) in [4.78, 5) is 11.7. The first kappa shape index (κ1) is 13.5. The number of hydrogen-bond acceptors (Lipinski definition) is 3. The molecule has 0 heterocycles. The third-order valence-corrected chi connectivity index (χ3v) is 2.46. The van der Waals surface area contributed by atoms with E-state index in [1.54, 1.807) is 19.2 Å². The molecule has 0 aromatic heterocycles. The predicted octanol–water partition coefficient (Wildman–Crippen LogP) is 2.84. The predicted molar refractivity (Wildman–Crippen MR) is 63.5 cm³/mol. The van der Waals surface area contributed by atoms with E-state index in [1.165, 1.54) is 6.07 Å². The quantitative estimate of drug-likeness (QED) is 0.584. The highest BCUT2D eigenvalue weighted by Crippen LogP contribution is 2.21. The normalized spacial score (nSPS) is 10.4. The Morgan fingerprint density at radius 1 is 1.31 bits per heavy atom. The van der Waals surface area contributed by atoms with Crippen LogP contribution in [0.15, 0.2) is 18.2 Å². The van der Waals surface area contributed by atoms with E-state index in [9.17, 15) is 4.79 Å². The zero-order valence-electron chi connectivity index (χ0n) is 8.83. The van der Waals surface area contributed by atoms with Gasteiger partial charge in [0.15, 0.2) is 5.78 Å². The van der Waals surface area contributed by atoms with E-state index < -0.39 is 0 Å². The van der Waals surface area contributed by atoms with Gasteiger partial charge in [-0.2, -0.15) is 0 Å². The lowest BCUT2D eigenvalue weighted by Crippen LogP contribution is -2.12. The second-order valence-corrected chi connectivity index (χ2v) is 3.94. The number of carbonyl (C=O) groups is 1. The van der Waals surface area contributed by atoms with Gasteiger partial charge < -0.3 is 9.47 Å². The average molecular weight is 263 g/mol. The Kier molecular flexibility index (Phi) is 5.77. The molecule has 88 valence electrons. The van der Waals surface area contributed by atoms with E-state index in [0.29, 0.717) is 28.8 Å². The van der Waals surface area contributed by atoms with Gasteiger partial charge >= 0.3 is 0 Å². The summed E-state index contributed by atoms with van der Waals surface area (Å²) >= 11 is 11.6. The molecule has 1 rings (SSSR count). The highest BCUT2D eigenvalue weighted by molar-refractivity contribution is 6.35. The van der Waals surface area contributed by atoms with E-state index in [2.05, 4.69) is 0 Å². The van der Waals surface area contributed by atoms with Gasteiger partial charge in [0.25, 0.3) is 0 Å². The first-order valence-corrected chi connectivity index (χ1v) is 5.45. The molecule has 0 saturated heterocycles. The Bertz CT molecular complexity index is 366. The molecular weight excluding hydrogens is 251 g/mol. The van der Waals surface area contributed by atoms with Gasteiger partial charge in [-0.25, -0.2) is 0 Å². The zero-order chi connectivity index (χ0) is 12.0. The molecule has 3 nitrogen and oxygen atoms in total. The number of ketones is 1. The van der Waals surface area contributed by atoms with Crippen molar-refractivity contribution in [3.05, 3.63) is 33.8 Å². The van der Waals surface area contributed by atoms with Crippen molar-refractivity contribution in [3.63, 3.8) is 0 Å². The largest absolute Gasteiger partial charge is 0.382 e. The maximum absolute atomic E-state index is 11.7. The Labute approximate surface area is 104 Å². The third kappa shape index (κ3) is 4.10. The van der Waals surface area contributed by atoms with E-state index >= 15 is 0 Å². The molecule has 0 bridgehead atoms. The molecule has 0 atom stereocenters. The summed E-state index contributed by atoms with van der Waals surface area (Å²) in [5, 5.41) is 0.856. The minimum atomic E-state index is -0.191. The summed E-state index contributed by atoms with van der Waals surface area (Å²) in [6.07, 6.45) is 0. The average Bonchev–Trinajstić information content (AvgIpc) is 2.27. The maximum atomic E-state index is 11.7. The van der Waals surface area contributed by atoms with E-state index in [4.69, 9.17) is 32.7 Å².